The van der Waals surface area contributed by atoms with Crippen LogP contribution < -0.4 is 10.6 Å². The molecule has 3 rings (SSSR count). The monoisotopic (exact) mass is 302 g/mol. The Labute approximate surface area is 128 Å². The molecule has 1 atom stereocenters. The molecule has 0 saturated heterocycles. The van der Waals surface area contributed by atoms with E-state index in [1.807, 2.05) is 6.92 Å². The van der Waals surface area contributed by atoms with Crippen LogP contribution in [0.4, 0.5) is 10.2 Å². The number of rotatable bonds is 4. The summed E-state index contributed by atoms with van der Waals surface area (Å²) in [6.45, 7) is 4.65. The van der Waals surface area contributed by atoms with Gasteiger partial charge in [-0.3, -0.25) is 4.79 Å². The maximum atomic E-state index is 14.0. The van der Waals surface area contributed by atoms with Crippen molar-refractivity contribution in [2.24, 2.45) is 0 Å². The van der Waals surface area contributed by atoms with Crippen LogP contribution in [0.2, 0.25) is 0 Å². The van der Waals surface area contributed by atoms with Gasteiger partial charge in [0.05, 0.1) is 5.69 Å². The van der Waals surface area contributed by atoms with E-state index < -0.39 is 6.17 Å². The first-order chi connectivity index (χ1) is 10.6. The maximum absolute atomic E-state index is 14.0. The molecule has 1 unspecified atom stereocenters. The van der Waals surface area contributed by atoms with Crippen LogP contribution in [-0.2, 0) is 6.54 Å². The molecule has 0 fully saturated rings. The number of hydrogen-bond donors (Lipinski definition) is 2. The van der Waals surface area contributed by atoms with E-state index in [1.54, 1.807) is 22.9 Å². The summed E-state index contributed by atoms with van der Waals surface area (Å²) in [5, 5.41) is 10.4. The summed E-state index contributed by atoms with van der Waals surface area (Å²) in [7, 11) is 0. The topological polar surface area (TPSA) is 59.0 Å². The molecule has 116 valence electrons. The number of nitrogens with one attached hydrogen (secondary N) is 2. The van der Waals surface area contributed by atoms with Gasteiger partial charge < -0.3 is 10.6 Å². The zero-order valence-electron chi connectivity index (χ0n) is 12.7. The molecular formula is C16H19FN4O. The minimum Gasteiger partial charge on any atom is -0.346 e. The van der Waals surface area contributed by atoms with Gasteiger partial charge in [-0.1, -0.05) is 31.5 Å². The largest absolute Gasteiger partial charge is 0.346 e. The molecule has 1 amide bonds. The summed E-state index contributed by atoms with van der Waals surface area (Å²) in [6.07, 6.45) is 1.43. The molecule has 22 heavy (non-hydrogen) atoms. The fraction of sp³-hybridized carbons (Fsp3) is 0.375. The molecule has 5 nitrogen and oxygen atoms in total. The SMILES string of the molecule is CCCCn1nc(C)c2c1NC(c1ccccc1F)NC2=O. The average molecular weight is 302 g/mol. The molecule has 1 aliphatic heterocycles. The van der Waals surface area contributed by atoms with E-state index in [-0.39, 0.29) is 11.7 Å². The Bertz CT molecular complexity index is 710. The fourth-order valence-corrected chi connectivity index (χ4v) is 2.71. The Balaban J connectivity index is 1.97. The number of halogens is 1. The van der Waals surface area contributed by atoms with Gasteiger partial charge in [-0.2, -0.15) is 5.10 Å². The van der Waals surface area contributed by atoms with E-state index in [0.29, 0.717) is 22.6 Å². The van der Waals surface area contributed by atoms with Gasteiger partial charge in [-0.25, -0.2) is 9.07 Å². The van der Waals surface area contributed by atoms with Crippen molar-refractivity contribution in [3.63, 3.8) is 0 Å². The highest BCUT2D eigenvalue weighted by Gasteiger charge is 2.31. The lowest BCUT2D eigenvalue weighted by Gasteiger charge is -2.27. The molecular weight excluding hydrogens is 283 g/mol. The molecule has 1 aromatic carbocycles. The number of carbonyl (C=O) groups excluding carboxylic acids is 1. The number of hydrogen-bond acceptors (Lipinski definition) is 3. The minimum absolute atomic E-state index is 0.220. The van der Waals surface area contributed by atoms with Gasteiger partial charge in [-0.05, 0) is 19.4 Å². The van der Waals surface area contributed by atoms with Crippen LogP contribution in [0.15, 0.2) is 24.3 Å². The van der Waals surface area contributed by atoms with E-state index in [2.05, 4.69) is 22.7 Å². The lowest BCUT2D eigenvalue weighted by atomic mass is 10.1. The zero-order valence-corrected chi connectivity index (χ0v) is 12.7. The Kier molecular flexibility index (Phi) is 3.83. The van der Waals surface area contributed by atoms with Crippen molar-refractivity contribution in [1.82, 2.24) is 15.1 Å². The second kappa shape index (κ2) is 5.79. The predicted molar refractivity (Wildman–Crippen MR) is 82.1 cm³/mol. The number of anilines is 1. The molecule has 0 bridgehead atoms. The first-order valence-corrected chi connectivity index (χ1v) is 7.51. The highest BCUT2D eigenvalue weighted by atomic mass is 19.1. The van der Waals surface area contributed by atoms with E-state index in [1.165, 1.54) is 6.07 Å². The molecule has 2 N–H and O–H groups in total. The quantitative estimate of drug-likeness (QED) is 0.913. The van der Waals surface area contributed by atoms with Crippen molar-refractivity contribution < 1.29 is 9.18 Å². The Morgan fingerprint density at radius 3 is 2.82 bits per heavy atom. The van der Waals surface area contributed by atoms with Gasteiger partial charge in [0, 0.05) is 12.1 Å². The second-order valence-electron chi connectivity index (χ2n) is 5.46. The Morgan fingerprint density at radius 2 is 2.09 bits per heavy atom. The van der Waals surface area contributed by atoms with Crippen molar-refractivity contribution >= 4 is 11.7 Å². The minimum atomic E-state index is -0.585. The molecule has 0 saturated carbocycles. The second-order valence-corrected chi connectivity index (χ2v) is 5.46. The van der Waals surface area contributed by atoms with Crippen LogP contribution in [0.3, 0.4) is 0 Å². The van der Waals surface area contributed by atoms with E-state index in [0.717, 1.165) is 19.4 Å². The molecule has 0 spiro atoms. The molecule has 2 heterocycles. The van der Waals surface area contributed by atoms with Gasteiger partial charge in [0.1, 0.15) is 23.4 Å². The van der Waals surface area contributed by atoms with Gasteiger partial charge >= 0.3 is 0 Å². The van der Waals surface area contributed by atoms with Crippen LogP contribution in [0.25, 0.3) is 0 Å². The fourth-order valence-electron chi connectivity index (χ4n) is 2.71. The highest BCUT2D eigenvalue weighted by Crippen LogP contribution is 2.29. The molecule has 0 aliphatic carbocycles. The van der Waals surface area contributed by atoms with Crippen molar-refractivity contribution in [3.05, 3.63) is 46.9 Å². The van der Waals surface area contributed by atoms with Crippen LogP contribution in [0.1, 0.15) is 47.5 Å². The summed E-state index contributed by atoms with van der Waals surface area (Å²) < 4.78 is 15.8. The van der Waals surface area contributed by atoms with Crippen LogP contribution in [0, 0.1) is 12.7 Å². The smallest absolute Gasteiger partial charge is 0.258 e. The normalized spacial score (nSPS) is 16.9. The maximum Gasteiger partial charge on any atom is 0.258 e. The van der Waals surface area contributed by atoms with Gasteiger partial charge in [0.25, 0.3) is 5.91 Å². The van der Waals surface area contributed by atoms with E-state index in [4.69, 9.17) is 0 Å². The molecule has 1 aromatic heterocycles. The summed E-state index contributed by atoms with van der Waals surface area (Å²) >= 11 is 0. The van der Waals surface area contributed by atoms with Gasteiger partial charge in [0.2, 0.25) is 0 Å². The average Bonchev–Trinajstić information content (AvgIpc) is 2.82. The van der Waals surface area contributed by atoms with Crippen LogP contribution >= 0.6 is 0 Å². The molecule has 2 aromatic rings. The summed E-state index contributed by atoms with van der Waals surface area (Å²) in [5.41, 5.74) is 1.65. The first-order valence-electron chi connectivity index (χ1n) is 7.51. The van der Waals surface area contributed by atoms with E-state index >= 15 is 0 Å². The third-order valence-corrected chi connectivity index (χ3v) is 3.85. The molecule has 6 heteroatoms. The number of amides is 1. The van der Waals surface area contributed by atoms with Crippen molar-refractivity contribution in [1.29, 1.82) is 0 Å². The highest BCUT2D eigenvalue weighted by molar-refractivity contribution is 6.02. The Hall–Kier alpha value is -2.37. The zero-order chi connectivity index (χ0) is 15.7. The third-order valence-electron chi connectivity index (χ3n) is 3.85. The number of nitrogens with zero attached hydrogens (tertiary/aromatic N) is 2. The number of unbranched alkanes of at least 4 members (excludes halogenated alkanes) is 1. The first kappa shape index (κ1) is 14.6. The Morgan fingerprint density at radius 1 is 1.32 bits per heavy atom. The number of aryl methyl sites for hydroxylation is 2. The van der Waals surface area contributed by atoms with Crippen molar-refractivity contribution in [2.75, 3.05) is 5.32 Å². The van der Waals surface area contributed by atoms with Gasteiger partial charge in [-0.15, -0.1) is 0 Å². The number of aromatic nitrogens is 2. The van der Waals surface area contributed by atoms with Crippen LogP contribution in [0.5, 0.6) is 0 Å². The van der Waals surface area contributed by atoms with Crippen molar-refractivity contribution in [3.8, 4) is 0 Å². The number of benzene rings is 1. The summed E-state index contributed by atoms with van der Waals surface area (Å²) in [5.74, 6) is 0.102. The predicted octanol–water partition coefficient (Wildman–Crippen LogP) is 2.98. The summed E-state index contributed by atoms with van der Waals surface area (Å²) in [6, 6.07) is 6.43. The van der Waals surface area contributed by atoms with Crippen LogP contribution in [-0.4, -0.2) is 15.7 Å². The van der Waals surface area contributed by atoms with Crippen molar-refractivity contribution in [2.45, 2.75) is 39.4 Å². The lowest BCUT2D eigenvalue weighted by molar-refractivity contribution is 0.0934. The molecule has 1 aliphatic rings. The third kappa shape index (κ3) is 2.45. The summed E-state index contributed by atoms with van der Waals surface area (Å²) in [4.78, 5) is 12.4. The van der Waals surface area contributed by atoms with E-state index in [9.17, 15) is 9.18 Å². The standard InChI is InChI=1S/C16H19FN4O/c1-3-4-9-21-15-13(10(2)20-21)16(22)19-14(18-15)11-7-5-6-8-12(11)17/h5-8,14,18H,3-4,9H2,1-2H3,(H,19,22). The number of fused-ring (bicyclic) bond motifs is 1. The molecule has 0 radical (unpaired) electrons. The lowest BCUT2D eigenvalue weighted by Crippen LogP contribution is -2.39. The van der Waals surface area contributed by atoms with Gasteiger partial charge in [0.15, 0.2) is 0 Å². The number of carbonyl (C=O) groups is 1.